The van der Waals surface area contributed by atoms with Crippen LogP contribution in [-0.2, 0) is 9.53 Å². The van der Waals surface area contributed by atoms with Gasteiger partial charge in [-0.1, -0.05) is 6.42 Å². The van der Waals surface area contributed by atoms with Crippen molar-refractivity contribution in [1.82, 2.24) is 0 Å². The lowest BCUT2D eigenvalue weighted by Gasteiger charge is -2.06. The monoisotopic (exact) mass is 214 g/mol. The number of hydrogen-bond acceptors (Lipinski definition) is 2. The highest BCUT2D eigenvalue weighted by Crippen LogP contribution is 2.14. The van der Waals surface area contributed by atoms with Crippen molar-refractivity contribution >= 4 is 5.97 Å². The molecule has 0 bridgehead atoms. The van der Waals surface area contributed by atoms with Crippen LogP contribution in [0.2, 0.25) is 0 Å². The number of ether oxygens (including phenoxy) is 1. The number of halogens is 3. The number of carboxylic acid groups (broad SMARTS) is 1. The summed E-state index contributed by atoms with van der Waals surface area (Å²) >= 11 is 0. The molecule has 6 heteroatoms. The number of carboxylic acids is 1. The molecule has 0 aliphatic heterocycles. The normalized spacial score (nSPS) is 11.6. The largest absolute Gasteiger partial charge is 0.481 e. The minimum absolute atomic E-state index is 0.0269. The lowest BCUT2D eigenvalue weighted by molar-refractivity contribution is -0.174. The molecule has 0 heterocycles. The fraction of sp³-hybridized carbons (Fsp3) is 0.875. The molecular weight excluding hydrogens is 201 g/mol. The summed E-state index contributed by atoms with van der Waals surface area (Å²) in [6.07, 6.45) is -2.71. The topological polar surface area (TPSA) is 46.5 Å². The number of rotatable bonds is 7. The van der Waals surface area contributed by atoms with E-state index in [2.05, 4.69) is 4.74 Å². The minimum Gasteiger partial charge on any atom is -0.481 e. The quantitative estimate of drug-likeness (QED) is 0.661. The molecule has 0 aliphatic carbocycles. The smallest absolute Gasteiger partial charge is 0.411 e. The highest BCUT2D eigenvalue weighted by atomic mass is 19.4. The summed E-state index contributed by atoms with van der Waals surface area (Å²) in [7, 11) is 0. The molecule has 0 aromatic carbocycles. The second kappa shape index (κ2) is 6.64. The van der Waals surface area contributed by atoms with Crippen LogP contribution in [0.5, 0.6) is 0 Å². The van der Waals surface area contributed by atoms with Gasteiger partial charge in [-0.15, -0.1) is 0 Å². The molecule has 3 nitrogen and oxygen atoms in total. The summed E-state index contributed by atoms with van der Waals surface area (Å²) in [6, 6.07) is 0. The van der Waals surface area contributed by atoms with E-state index in [0.29, 0.717) is 19.3 Å². The highest BCUT2D eigenvalue weighted by molar-refractivity contribution is 5.66. The molecule has 1 N–H and O–H groups in total. The fourth-order valence-electron chi connectivity index (χ4n) is 0.845. The summed E-state index contributed by atoms with van der Waals surface area (Å²) < 4.78 is 38.9. The lowest BCUT2D eigenvalue weighted by atomic mass is 10.2. The first kappa shape index (κ1) is 13.2. The maximum atomic E-state index is 11.5. The van der Waals surface area contributed by atoms with E-state index in [4.69, 9.17) is 5.11 Å². The Hall–Kier alpha value is -0.780. The Morgan fingerprint density at radius 2 is 1.86 bits per heavy atom. The molecule has 0 radical (unpaired) electrons. The molecule has 0 aliphatic rings. The predicted octanol–water partition coefficient (Wildman–Crippen LogP) is 2.21. The number of carbonyl (C=O) groups is 1. The van der Waals surface area contributed by atoms with Gasteiger partial charge in [-0.3, -0.25) is 4.79 Å². The third-order valence-corrected chi connectivity index (χ3v) is 1.45. The number of unbranched alkanes of at least 4 members (excludes halogenated alkanes) is 2. The van der Waals surface area contributed by atoms with Crippen LogP contribution in [0.3, 0.4) is 0 Å². The van der Waals surface area contributed by atoms with Crippen molar-refractivity contribution in [3.05, 3.63) is 0 Å². The van der Waals surface area contributed by atoms with Gasteiger partial charge >= 0.3 is 12.1 Å². The molecule has 0 spiro atoms. The van der Waals surface area contributed by atoms with E-state index in [-0.39, 0.29) is 13.0 Å². The van der Waals surface area contributed by atoms with Crippen molar-refractivity contribution in [3.8, 4) is 0 Å². The lowest BCUT2D eigenvalue weighted by Crippen LogP contribution is -2.17. The first-order valence-corrected chi connectivity index (χ1v) is 4.28. The molecule has 14 heavy (non-hydrogen) atoms. The zero-order chi connectivity index (χ0) is 11.0. The Morgan fingerprint density at radius 1 is 1.21 bits per heavy atom. The van der Waals surface area contributed by atoms with Crippen LogP contribution < -0.4 is 0 Å². The maximum absolute atomic E-state index is 11.5. The highest BCUT2D eigenvalue weighted by Gasteiger charge is 2.27. The summed E-state index contributed by atoms with van der Waals surface area (Å²) in [6.45, 7) is -1.20. The molecule has 0 saturated carbocycles. The van der Waals surface area contributed by atoms with Gasteiger partial charge < -0.3 is 9.84 Å². The standard InChI is InChI=1S/C8H13F3O3/c9-8(10,11)6-14-5-3-1-2-4-7(12)13/h1-6H2,(H,12,13). The van der Waals surface area contributed by atoms with Crippen molar-refractivity contribution in [3.63, 3.8) is 0 Å². The molecule has 0 aromatic rings. The first-order valence-electron chi connectivity index (χ1n) is 4.28. The molecule has 84 valence electrons. The Bertz CT molecular complexity index is 168. The first-order chi connectivity index (χ1) is 6.42. The Labute approximate surface area is 79.9 Å². The summed E-state index contributed by atoms with van der Waals surface area (Å²) in [5.74, 6) is -0.888. The molecule has 0 saturated heterocycles. The van der Waals surface area contributed by atoms with Crippen molar-refractivity contribution in [2.24, 2.45) is 0 Å². The van der Waals surface area contributed by atoms with Gasteiger partial charge in [0.2, 0.25) is 0 Å². The molecule has 0 aromatic heterocycles. The third-order valence-electron chi connectivity index (χ3n) is 1.45. The molecule has 0 unspecified atom stereocenters. The van der Waals surface area contributed by atoms with Gasteiger partial charge in [0.25, 0.3) is 0 Å². The van der Waals surface area contributed by atoms with Gasteiger partial charge in [-0.2, -0.15) is 13.2 Å². The molecule has 0 fully saturated rings. The van der Waals surface area contributed by atoms with Crippen LogP contribution in [0, 0.1) is 0 Å². The van der Waals surface area contributed by atoms with Crippen LogP contribution in [0.25, 0.3) is 0 Å². The van der Waals surface area contributed by atoms with E-state index in [1.165, 1.54) is 0 Å². The van der Waals surface area contributed by atoms with Gasteiger partial charge in [0.1, 0.15) is 6.61 Å². The van der Waals surface area contributed by atoms with E-state index in [1.54, 1.807) is 0 Å². The van der Waals surface area contributed by atoms with Gasteiger partial charge in [0.05, 0.1) is 0 Å². The third kappa shape index (κ3) is 11.2. The zero-order valence-electron chi connectivity index (χ0n) is 7.64. The summed E-state index contributed by atoms with van der Waals surface area (Å²) in [5.41, 5.74) is 0. The zero-order valence-corrected chi connectivity index (χ0v) is 7.64. The van der Waals surface area contributed by atoms with Crippen LogP contribution in [0.15, 0.2) is 0 Å². The number of aliphatic carboxylic acids is 1. The Morgan fingerprint density at radius 3 is 2.36 bits per heavy atom. The van der Waals surface area contributed by atoms with Crippen molar-refractivity contribution in [2.75, 3.05) is 13.2 Å². The van der Waals surface area contributed by atoms with Gasteiger partial charge in [-0.25, -0.2) is 0 Å². The minimum atomic E-state index is -4.28. The second-order valence-electron chi connectivity index (χ2n) is 2.87. The van der Waals surface area contributed by atoms with Crippen LogP contribution in [-0.4, -0.2) is 30.5 Å². The van der Waals surface area contributed by atoms with E-state index >= 15 is 0 Å². The number of alkyl halides is 3. The average Bonchev–Trinajstić information content (AvgIpc) is 2.00. The van der Waals surface area contributed by atoms with Crippen LogP contribution in [0.1, 0.15) is 25.7 Å². The van der Waals surface area contributed by atoms with Gasteiger partial charge in [0, 0.05) is 13.0 Å². The second-order valence-corrected chi connectivity index (χ2v) is 2.87. The van der Waals surface area contributed by atoms with E-state index < -0.39 is 18.8 Å². The average molecular weight is 214 g/mol. The maximum Gasteiger partial charge on any atom is 0.411 e. The number of hydrogen-bond donors (Lipinski definition) is 1. The summed E-state index contributed by atoms with van der Waals surface area (Å²) in [4.78, 5) is 10.0. The fourth-order valence-corrected chi connectivity index (χ4v) is 0.845. The van der Waals surface area contributed by atoms with Crippen LogP contribution >= 0.6 is 0 Å². The van der Waals surface area contributed by atoms with Gasteiger partial charge in [-0.05, 0) is 12.8 Å². The molecule has 0 amide bonds. The van der Waals surface area contributed by atoms with E-state index in [0.717, 1.165) is 0 Å². The van der Waals surface area contributed by atoms with Crippen molar-refractivity contribution < 1.29 is 27.8 Å². The Balaban J connectivity index is 3.11. The van der Waals surface area contributed by atoms with E-state index in [1.807, 2.05) is 0 Å². The SMILES string of the molecule is O=C(O)CCCCCOCC(F)(F)F. The summed E-state index contributed by atoms with van der Waals surface area (Å²) in [5, 5.41) is 8.24. The van der Waals surface area contributed by atoms with Crippen LogP contribution in [0.4, 0.5) is 13.2 Å². The molecule has 0 rings (SSSR count). The molecular formula is C8H13F3O3. The van der Waals surface area contributed by atoms with Crippen molar-refractivity contribution in [2.45, 2.75) is 31.9 Å². The Kier molecular flexibility index (Phi) is 6.27. The van der Waals surface area contributed by atoms with Crippen molar-refractivity contribution in [1.29, 1.82) is 0 Å². The van der Waals surface area contributed by atoms with E-state index in [9.17, 15) is 18.0 Å². The van der Waals surface area contributed by atoms with Gasteiger partial charge in [0.15, 0.2) is 0 Å². The molecule has 0 atom stereocenters. The predicted molar refractivity (Wildman–Crippen MR) is 43.0 cm³/mol.